The minimum Gasteiger partial charge on any atom is -0.481 e. The highest BCUT2D eigenvalue weighted by molar-refractivity contribution is 5.84. The van der Waals surface area contributed by atoms with E-state index in [0.717, 1.165) is 0 Å². The van der Waals surface area contributed by atoms with Gasteiger partial charge in [0, 0.05) is 6.61 Å². The smallest absolute Gasteiger partial charge is 0.310 e. The molecule has 0 spiro atoms. The molecule has 1 aliphatic rings. The summed E-state index contributed by atoms with van der Waals surface area (Å²) in [5, 5.41) is 11.5. The first-order valence-electron chi connectivity index (χ1n) is 6.68. The van der Waals surface area contributed by atoms with Gasteiger partial charge >= 0.3 is 11.9 Å². The first-order valence-corrected chi connectivity index (χ1v) is 6.68. The number of carbonyl (C=O) groups is 3. The molecule has 1 saturated heterocycles. The Balaban J connectivity index is 2.66. The Morgan fingerprint density at radius 2 is 2.15 bits per heavy atom. The lowest BCUT2D eigenvalue weighted by Crippen LogP contribution is -2.45. The van der Waals surface area contributed by atoms with E-state index in [9.17, 15) is 14.4 Å². The maximum Gasteiger partial charge on any atom is 0.310 e. The number of amides is 1. The predicted molar refractivity (Wildman–Crippen MR) is 68.6 cm³/mol. The highest BCUT2D eigenvalue weighted by Crippen LogP contribution is 2.20. The number of ether oxygens (including phenoxy) is 2. The molecule has 0 aliphatic carbocycles. The third-order valence-electron chi connectivity index (χ3n) is 3.16. The molecule has 1 amide bonds. The molecule has 7 heteroatoms. The van der Waals surface area contributed by atoms with Crippen LogP contribution in [0.3, 0.4) is 0 Å². The van der Waals surface area contributed by atoms with Crippen LogP contribution >= 0.6 is 0 Å². The number of aliphatic carboxylic acids is 1. The molecule has 1 rings (SSSR count). The number of rotatable bonds is 7. The first-order chi connectivity index (χ1) is 9.35. The van der Waals surface area contributed by atoms with Crippen molar-refractivity contribution in [3.63, 3.8) is 0 Å². The molecular formula is C13H21NO6. The van der Waals surface area contributed by atoms with Crippen LogP contribution in [0.2, 0.25) is 0 Å². The Bertz CT molecular complexity index is 381. The van der Waals surface area contributed by atoms with Crippen molar-refractivity contribution in [2.45, 2.75) is 45.9 Å². The molecular weight excluding hydrogens is 266 g/mol. The number of carboxylic acid groups (broad SMARTS) is 1. The van der Waals surface area contributed by atoms with Gasteiger partial charge in [-0.1, -0.05) is 13.8 Å². The number of hydrogen-bond donors (Lipinski definition) is 2. The van der Waals surface area contributed by atoms with Gasteiger partial charge in [-0.2, -0.15) is 0 Å². The van der Waals surface area contributed by atoms with Crippen molar-refractivity contribution in [1.82, 2.24) is 5.32 Å². The number of nitrogens with one attached hydrogen (secondary N) is 1. The Morgan fingerprint density at radius 3 is 2.65 bits per heavy atom. The SMILES string of the molecule is CCOC1OC(=O)CC1NC(=O)C(CC(=O)O)C(C)C. The summed E-state index contributed by atoms with van der Waals surface area (Å²) in [6.07, 6.45) is -1.01. The second kappa shape index (κ2) is 7.23. The number of hydrogen-bond acceptors (Lipinski definition) is 5. The standard InChI is InChI=1S/C13H21NO6/c1-4-19-13-9(6-11(17)20-13)14-12(18)8(7(2)3)5-10(15)16/h7-9,13H,4-6H2,1-3H3,(H,14,18)(H,15,16). The van der Waals surface area contributed by atoms with E-state index in [2.05, 4.69) is 5.32 Å². The van der Waals surface area contributed by atoms with Crippen LogP contribution in [-0.2, 0) is 23.9 Å². The van der Waals surface area contributed by atoms with Crippen molar-refractivity contribution >= 4 is 17.8 Å². The van der Waals surface area contributed by atoms with Gasteiger partial charge in [-0.05, 0) is 12.8 Å². The normalized spacial score (nSPS) is 23.5. The Labute approximate surface area is 117 Å². The third kappa shape index (κ3) is 4.48. The minimum absolute atomic E-state index is 0.0360. The number of cyclic esters (lactones) is 1. The second-order valence-electron chi connectivity index (χ2n) is 5.08. The van der Waals surface area contributed by atoms with Gasteiger partial charge in [0.25, 0.3) is 0 Å². The molecule has 1 aliphatic heterocycles. The summed E-state index contributed by atoms with van der Waals surface area (Å²) in [6.45, 7) is 5.67. The van der Waals surface area contributed by atoms with E-state index >= 15 is 0 Å². The van der Waals surface area contributed by atoms with E-state index < -0.39 is 36.1 Å². The summed E-state index contributed by atoms with van der Waals surface area (Å²) >= 11 is 0. The van der Waals surface area contributed by atoms with Crippen molar-refractivity contribution < 1.29 is 29.0 Å². The molecule has 7 nitrogen and oxygen atoms in total. The summed E-state index contributed by atoms with van der Waals surface area (Å²) in [6, 6.07) is -0.565. The van der Waals surface area contributed by atoms with Gasteiger partial charge in [-0.25, -0.2) is 0 Å². The molecule has 114 valence electrons. The average Bonchev–Trinajstić information content (AvgIpc) is 2.66. The van der Waals surface area contributed by atoms with Crippen molar-refractivity contribution in [3.05, 3.63) is 0 Å². The van der Waals surface area contributed by atoms with Gasteiger partial charge < -0.3 is 19.9 Å². The molecule has 1 fully saturated rings. The molecule has 3 atom stereocenters. The summed E-state index contributed by atoms with van der Waals surface area (Å²) in [5.41, 5.74) is 0. The van der Waals surface area contributed by atoms with E-state index in [-0.39, 0.29) is 18.8 Å². The second-order valence-corrected chi connectivity index (χ2v) is 5.08. The zero-order valence-electron chi connectivity index (χ0n) is 11.9. The molecule has 3 unspecified atom stereocenters. The lowest BCUT2D eigenvalue weighted by atomic mass is 9.91. The van der Waals surface area contributed by atoms with Gasteiger partial charge in [0.15, 0.2) is 0 Å². The molecule has 1 heterocycles. The quantitative estimate of drug-likeness (QED) is 0.662. The van der Waals surface area contributed by atoms with Gasteiger partial charge in [-0.3, -0.25) is 14.4 Å². The zero-order valence-corrected chi connectivity index (χ0v) is 11.9. The fraction of sp³-hybridized carbons (Fsp3) is 0.769. The van der Waals surface area contributed by atoms with E-state index in [0.29, 0.717) is 6.61 Å². The maximum atomic E-state index is 12.1. The van der Waals surface area contributed by atoms with E-state index in [1.165, 1.54) is 0 Å². The van der Waals surface area contributed by atoms with Gasteiger partial charge in [0.2, 0.25) is 12.2 Å². The average molecular weight is 287 g/mol. The van der Waals surface area contributed by atoms with Crippen LogP contribution in [0.25, 0.3) is 0 Å². The molecule has 20 heavy (non-hydrogen) atoms. The summed E-state index contributed by atoms with van der Waals surface area (Å²) in [7, 11) is 0. The molecule has 0 aromatic carbocycles. The summed E-state index contributed by atoms with van der Waals surface area (Å²) in [5.74, 6) is -2.62. The third-order valence-corrected chi connectivity index (χ3v) is 3.16. The number of carbonyl (C=O) groups excluding carboxylic acids is 2. The fourth-order valence-corrected chi connectivity index (χ4v) is 2.08. The highest BCUT2D eigenvalue weighted by atomic mass is 16.7. The van der Waals surface area contributed by atoms with Crippen molar-refractivity contribution in [2.24, 2.45) is 11.8 Å². The summed E-state index contributed by atoms with van der Waals surface area (Å²) in [4.78, 5) is 34.2. The van der Waals surface area contributed by atoms with Gasteiger partial charge in [0.1, 0.15) is 6.04 Å². The lowest BCUT2D eigenvalue weighted by Gasteiger charge is -2.23. The molecule has 0 bridgehead atoms. The van der Waals surface area contributed by atoms with E-state index in [1.54, 1.807) is 20.8 Å². The predicted octanol–water partition coefficient (Wildman–Crippen LogP) is 0.528. The summed E-state index contributed by atoms with van der Waals surface area (Å²) < 4.78 is 10.2. The Kier molecular flexibility index (Phi) is 5.94. The Morgan fingerprint density at radius 1 is 1.50 bits per heavy atom. The largest absolute Gasteiger partial charge is 0.481 e. The van der Waals surface area contributed by atoms with Crippen LogP contribution in [0.5, 0.6) is 0 Å². The van der Waals surface area contributed by atoms with Crippen LogP contribution in [0.4, 0.5) is 0 Å². The molecule has 2 N–H and O–H groups in total. The van der Waals surface area contributed by atoms with Crippen LogP contribution in [0.1, 0.15) is 33.6 Å². The fourth-order valence-electron chi connectivity index (χ4n) is 2.08. The number of esters is 1. The molecule has 0 saturated carbocycles. The van der Waals surface area contributed by atoms with E-state index in [4.69, 9.17) is 14.6 Å². The van der Waals surface area contributed by atoms with Crippen LogP contribution in [0.15, 0.2) is 0 Å². The van der Waals surface area contributed by atoms with Crippen molar-refractivity contribution in [1.29, 1.82) is 0 Å². The molecule has 0 aromatic heterocycles. The van der Waals surface area contributed by atoms with Gasteiger partial charge in [0.05, 0.1) is 18.8 Å². The highest BCUT2D eigenvalue weighted by Gasteiger charge is 2.38. The lowest BCUT2D eigenvalue weighted by molar-refractivity contribution is -0.164. The molecule has 0 aromatic rings. The van der Waals surface area contributed by atoms with E-state index in [1.807, 2.05) is 0 Å². The van der Waals surface area contributed by atoms with Crippen LogP contribution in [0, 0.1) is 11.8 Å². The first kappa shape index (κ1) is 16.4. The number of carboxylic acids is 1. The van der Waals surface area contributed by atoms with Crippen molar-refractivity contribution in [2.75, 3.05) is 6.61 Å². The minimum atomic E-state index is -1.03. The topological polar surface area (TPSA) is 102 Å². The zero-order chi connectivity index (χ0) is 15.3. The maximum absolute atomic E-state index is 12.1. The monoisotopic (exact) mass is 287 g/mol. The molecule has 0 radical (unpaired) electrons. The van der Waals surface area contributed by atoms with Crippen LogP contribution in [-0.4, -0.2) is 41.9 Å². The van der Waals surface area contributed by atoms with Crippen LogP contribution < -0.4 is 5.32 Å². The van der Waals surface area contributed by atoms with Gasteiger partial charge in [-0.15, -0.1) is 0 Å². The Hall–Kier alpha value is -1.63. The van der Waals surface area contributed by atoms with Crippen molar-refractivity contribution in [3.8, 4) is 0 Å².